The predicted molar refractivity (Wildman–Crippen MR) is 93.4 cm³/mol. The highest BCUT2D eigenvalue weighted by molar-refractivity contribution is 6.30. The molecule has 23 heavy (non-hydrogen) atoms. The molecule has 0 aromatic heterocycles. The van der Waals surface area contributed by atoms with E-state index in [0.29, 0.717) is 22.9 Å². The molecule has 4 heteroatoms. The maximum Gasteiger partial charge on any atom is 0.142 e. The molecule has 0 amide bonds. The first-order valence-electron chi connectivity index (χ1n) is 7.66. The third-order valence-corrected chi connectivity index (χ3v) is 4.67. The van der Waals surface area contributed by atoms with Crippen LogP contribution in [-0.2, 0) is 0 Å². The summed E-state index contributed by atoms with van der Waals surface area (Å²) in [6.45, 7) is 0. The van der Waals surface area contributed by atoms with Crippen LogP contribution in [0.2, 0.25) is 5.02 Å². The van der Waals surface area contributed by atoms with Gasteiger partial charge in [0.25, 0.3) is 0 Å². The lowest BCUT2D eigenvalue weighted by Crippen LogP contribution is -2.05. The molecule has 1 unspecified atom stereocenters. The van der Waals surface area contributed by atoms with Crippen LogP contribution in [0.1, 0.15) is 36.3 Å². The fraction of sp³-hybridized carbons (Fsp3) is 0.263. The zero-order valence-corrected chi connectivity index (χ0v) is 13.7. The van der Waals surface area contributed by atoms with Gasteiger partial charge in [-0.05, 0) is 54.5 Å². The van der Waals surface area contributed by atoms with Crippen LogP contribution in [0.4, 0.5) is 10.1 Å². The average Bonchev–Trinajstić information content (AvgIpc) is 2.56. The minimum atomic E-state index is -0.292. The molecule has 0 bridgehead atoms. The zero-order chi connectivity index (χ0) is 16.4. The van der Waals surface area contributed by atoms with Crippen molar-refractivity contribution >= 4 is 22.9 Å². The van der Waals surface area contributed by atoms with Crippen molar-refractivity contribution in [3.8, 4) is 5.75 Å². The van der Waals surface area contributed by atoms with E-state index in [1.54, 1.807) is 13.2 Å². The summed E-state index contributed by atoms with van der Waals surface area (Å²) in [6, 6.07) is 11.0. The second-order valence-electron chi connectivity index (χ2n) is 5.83. The van der Waals surface area contributed by atoms with Crippen molar-refractivity contribution in [2.24, 2.45) is 0 Å². The van der Waals surface area contributed by atoms with E-state index in [9.17, 15) is 4.39 Å². The van der Waals surface area contributed by atoms with Crippen LogP contribution in [0.25, 0.3) is 5.57 Å². The van der Waals surface area contributed by atoms with Crippen LogP contribution >= 0.6 is 11.6 Å². The SMILES string of the molecule is COc1cc(C2=CCC(c3ccc(Cl)cc3)CC2)c(F)cc1N. The molecule has 2 N–H and O–H groups in total. The summed E-state index contributed by atoms with van der Waals surface area (Å²) >= 11 is 5.94. The quantitative estimate of drug-likeness (QED) is 0.762. The minimum Gasteiger partial charge on any atom is -0.495 e. The van der Waals surface area contributed by atoms with Gasteiger partial charge in [0, 0.05) is 16.7 Å². The molecule has 0 spiro atoms. The normalized spacial score (nSPS) is 17.7. The molecule has 2 aromatic rings. The van der Waals surface area contributed by atoms with Gasteiger partial charge < -0.3 is 10.5 Å². The molecule has 0 aliphatic heterocycles. The lowest BCUT2D eigenvalue weighted by molar-refractivity contribution is 0.415. The van der Waals surface area contributed by atoms with Gasteiger partial charge in [-0.1, -0.05) is 29.8 Å². The van der Waals surface area contributed by atoms with E-state index in [1.165, 1.54) is 11.6 Å². The number of hydrogen-bond acceptors (Lipinski definition) is 2. The summed E-state index contributed by atoms with van der Waals surface area (Å²) in [5.74, 6) is 0.677. The van der Waals surface area contributed by atoms with Crippen molar-refractivity contribution in [1.82, 2.24) is 0 Å². The fourth-order valence-corrected chi connectivity index (χ4v) is 3.23. The average molecular weight is 332 g/mol. The highest BCUT2D eigenvalue weighted by atomic mass is 35.5. The smallest absolute Gasteiger partial charge is 0.142 e. The fourth-order valence-electron chi connectivity index (χ4n) is 3.11. The van der Waals surface area contributed by atoms with E-state index in [-0.39, 0.29) is 5.82 Å². The van der Waals surface area contributed by atoms with Gasteiger partial charge in [0.05, 0.1) is 12.8 Å². The second kappa shape index (κ2) is 6.63. The molecule has 1 atom stereocenters. The number of ether oxygens (including phenoxy) is 1. The first-order chi connectivity index (χ1) is 11.1. The number of anilines is 1. The number of nitrogen functional groups attached to an aromatic ring is 1. The van der Waals surface area contributed by atoms with E-state index >= 15 is 0 Å². The standard InChI is InChI=1S/C19H19ClFNO/c1-23-19-10-16(17(21)11-18(19)22)14-4-2-12(3-5-14)13-6-8-15(20)9-7-13/h4,6-12H,2-3,5,22H2,1H3. The molecule has 3 rings (SSSR count). The second-order valence-corrected chi connectivity index (χ2v) is 6.26. The van der Waals surface area contributed by atoms with Gasteiger partial charge in [-0.15, -0.1) is 0 Å². The Morgan fingerprint density at radius 3 is 2.57 bits per heavy atom. The Morgan fingerprint density at radius 2 is 1.96 bits per heavy atom. The van der Waals surface area contributed by atoms with Gasteiger partial charge >= 0.3 is 0 Å². The Hall–Kier alpha value is -2.00. The highest BCUT2D eigenvalue weighted by Crippen LogP contribution is 2.38. The van der Waals surface area contributed by atoms with Gasteiger partial charge in [-0.2, -0.15) is 0 Å². The van der Waals surface area contributed by atoms with Crippen molar-refractivity contribution in [3.05, 3.63) is 64.4 Å². The van der Waals surface area contributed by atoms with Crippen molar-refractivity contribution < 1.29 is 9.13 Å². The zero-order valence-electron chi connectivity index (χ0n) is 13.0. The number of nitrogens with two attached hydrogens (primary N) is 1. The summed E-state index contributed by atoms with van der Waals surface area (Å²) in [5, 5.41) is 0.747. The maximum absolute atomic E-state index is 14.2. The summed E-state index contributed by atoms with van der Waals surface area (Å²) in [4.78, 5) is 0. The third-order valence-electron chi connectivity index (χ3n) is 4.42. The number of allylic oxidation sites excluding steroid dienone is 2. The number of hydrogen-bond donors (Lipinski definition) is 1. The van der Waals surface area contributed by atoms with Crippen LogP contribution in [0.5, 0.6) is 5.75 Å². The Kier molecular flexibility index (Phi) is 4.58. The largest absolute Gasteiger partial charge is 0.495 e. The number of methoxy groups -OCH3 is 1. The lowest BCUT2D eigenvalue weighted by atomic mass is 9.82. The van der Waals surface area contributed by atoms with Crippen molar-refractivity contribution in [3.63, 3.8) is 0 Å². The molecule has 2 nitrogen and oxygen atoms in total. The Bertz CT molecular complexity index is 740. The molecule has 120 valence electrons. The van der Waals surface area contributed by atoms with E-state index in [4.69, 9.17) is 22.1 Å². The van der Waals surface area contributed by atoms with E-state index in [1.807, 2.05) is 12.1 Å². The number of rotatable bonds is 3. The van der Waals surface area contributed by atoms with Crippen molar-refractivity contribution in [1.29, 1.82) is 0 Å². The maximum atomic E-state index is 14.2. The molecule has 1 aliphatic carbocycles. The Morgan fingerprint density at radius 1 is 1.22 bits per heavy atom. The van der Waals surface area contributed by atoms with Gasteiger partial charge in [0.2, 0.25) is 0 Å². The van der Waals surface area contributed by atoms with Gasteiger partial charge in [-0.3, -0.25) is 0 Å². The topological polar surface area (TPSA) is 35.2 Å². The van der Waals surface area contributed by atoms with E-state index in [2.05, 4.69) is 18.2 Å². The molecule has 0 radical (unpaired) electrons. The van der Waals surface area contributed by atoms with Crippen LogP contribution in [0.15, 0.2) is 42.5 Å². The summed E-state index contributed by atoms with van der Waals surface area (Å²) in [7, 11) is 1.54. The number of halogens is 2. The Labute approximate surface area is 140 Å². The monoisotopic (exact) mass is 331 g/mol. The molecular formula is C19H19ClFNO. The third kappa shape index (κ3) is 3.35. The lowest BCUT2D eigenvalue weighted by Gasteiger charge is -2.23. The van der Waals surface area contributed by atoms with E-state index in [0.717, 1.165) is 29.9 Å². The van der Waals surface area contributed by atoms with Crippen LogP contribution in [-0.4, -0.2) is 7.11 Å². The first-order valence-corrected chi connectivity index (χ1v) is 8.04. The molecular weight excluding hydrogens is 313 g/mol. The highest BCUT2D eigenvalue weighted by Gasteiger charge is 2.20. The molecule has 0 saturated heterocycles. The molecule has 1 aliphatic rings. The number of benzene rings is 2. The first kappa shape index (κ1) is 15.9. The van der Waals surface area contributed by atoms with Gasteiger partial charge in [0.1, 0.15) is 11.6 Å². The van der Waals surface area contributed by atoms with Gasteiger partial charge in [-0.25, -0.2) is 4.39 Å². The van der Waals surface area contributed by atoms with Crippen LogP contribution in [0.3, 0.4) is 0 Å². The van der Waals surface area contributed by atoms with Crippen molar-refractivity contribution in [2.45, 2.75) is 25.2 Å². The van der Waals surface area contributed by atoms with Crippen molar-refractivity contribution in [2.75, 3.05) is 12.8 Å². The summed E-state index contributed by atoms with van der Waals surface area (Å²) in [5.41, 5.74) is 8.95. The van der Waals surface area contributed by atoms with Gasteiger partial charge in [0.15, 0.2) is 0 Å². The Balaban J connectivity index is 1.83. The molecule has 0 saturated carbocycles. The summed E-state index contributed by atoms with van der Waals surface area (Å²) in [6.07, 6.45) is 4.83. The van der Waals surface area contributed by atoms with Crippen LogP contribution in [0, 0.1) is 5.82 Å². The molecule has 0 fully saturated rings. The predicted octanol–water partition coefficient (Wildman–Crippen LogP) is 5.42. The minimum absolute atomic E-state index is 0.292. The van der Waals surface area contributed by atoms with E-state index < -0.39 is 0 Å². The summed E-state index contributed by atoms with van der Waals surface area (Å²) < 4.78 is 19.4. The molecule has 0 heterocycles. The molecule has 2 aromatic carbocycles. The van der Waals surface area contributed by atoms with Crippen LogP contribution < -0.4 is 10.5 Å².